The highest BCUT2D eigenvalue weighted by Gasteiger charge is 2.56. The molecule has 3 rings (SSSR count). The Labute approximate surface area is 173 Å². The predicted octanol–water partition coefficient (Wildman–Crippen LogP) is -0.206. The van der Waals surface area contributed by atoms with Crippen LogP contribution in [0.3, 0.4) is 0 Å². The van der Waals surface area contributed by atoms with Gasteiger partial charge in [-0.05, 0) is 12.1 Å². The van der Waals surface area contributed by atoms with Gasteiger partial charge in [-0.3, -0.25) is 24.3 Å². The first-order valence-electron chi connectivity index (χ1n) is 8.38. The van der Waals surface area contributed by atoms with E-state index in [-0.39, 0.29) is 11.3 Å². The van der Waals surface area contributed by atoms with Gasteiger partial charge < -0.3 is 20.3 Å². The third kappa shape index (κ3) is 4.54. The molecule has 0 saturated carbocycles. The number of esters is 1. The van der Waals surface area contributed by atoms with Crippen molar-refractivity contribution in [3.63, 3.8) is 0 Å². The molecular formula is C17H17N3O7S2. The zero-order chi connectivity index (χ0) is 21.1. The zero-order valence-corrected chi connectivity index (χ0v) is 16.7. The lowest BCUT2D eigenvalue weighted by Crippen LogP contribution is -2.71. The summed E-state index contributed by atoms with van der Waals surface area (Å²) in [5.41, 5.74) is -1.80. The van der Waals surface area contributed by atoms with Gasteiger partial charge in [-0.15, -0.1) is 11.8 Å². The number of aliphatic carboxylic acids is 1. The van der Waals surface area contributed by atoms with Crippen LogP contribution in [0.25, 0.3) is 0 Å². The molecule has 3 heterocycles. The lowest BCUT2D eigenvalue weighted by atomic mass is 10.0. The zero-order valence-electron chi connectivity index (χ0n) is 15.1. The predicted molar refractivity (Wildman–Crippen MR) is 102 cm³/mol. The number of carbonyl (C=O) groups excluding carboxylic acids is 3. The molecule has 12 heteroatoms. The van der Waals surface area contributed by atoms with E-state index in [1.165, 1.54) is 11.8 Å². The van der Waals surface area contributed by atoms with Crippen LogP contribution < -0.4 is 5.32 Å². The minimum Gasteiger partial charge on any atom is -0.477 e. The van der Waals surface area contributed by atoms with Gasteiger partial charge in [0.25, 0.3) is 5.91 Å². The smallest absolute Gasteiger partial charge is 0.352 e. The monoisotopic (exact) mass is 439 g/mol. The third-order valence-corrected chi connectivity index (χ3v) is 6.44. The second kappa shape index (κ2) is 8.84. The molecule has 0 radical (unpaired) electrons. The molecule has 1 saturated heterocycles. The van der Waals surface area contributed by atoms with Crippen molar-refractivity contribution < 1.29 is 34.1 Å². The molecular weight excluding hydrogens is 422 g/mol. The Kier molecular flexibility index (Phi) is 6.45. The van der Waals surface area contributed by atoms with Crippen molar-refractivity contribution in [3.05, 3.63) is 35.8 Å². The number of nitrogens with zero attached hydrogens (tertiary/aromatic N) is 2. The Bertz CT molecular complexity index is 877. The number of rotatable bonds is 7. The fraction of sp³-hybridized carbons (Fsp3) is 0.353. The van der Waals surface area contributed by atoms with E-state index in [9.17, 15) is 29.4 Å². The summed E-state index contributed by atoms with van der Waals surface area (Å²) in [4.78, 5) is 53.1. The number of fused-ring (bicyclic) bond motifs is 1. The van der Waals surface area contributed by atoms with Crippen LogP contribution in [0.4, 0.5) is 0 Å². The van der Waals surface area contributed by atoms with Gasteiger partial charge in [0.05, 0.1) is 5.75 Å². The number of carboxylic acid groups (broad SMARTS) is 1. The SMILES string of the molecule is CC(=O)OCC1=C(C(=O)O)N2C(=O)[C@@H](NC(=O)CSc3ccncc3)[C@H]2SC1O. The van der Waals surface area contributed by atoms with Crippen molar-refractivity contribution in [1.82, 2.24) is 15.2 Å². The van der Waals surface area contributed by atoms with Crippen molar-refractivity contribution in [1.29, 1.82) is 0 Å². The topological polar surface area (TPSA) is 146 Å². The second-order valence-electron chi connectivity index (χ2n) is 6.06. The Hall–Kier alpha value is -2.57. The van der Waals surface area contributed by atoms with Gasteiger partial charge in [-0.1, -0.05) is 11.8 Å². The lowest BCUT2D eigenvalue weighted by molar-refractivity contribution is -0.151. The van der Waals surface area contributed by atoms with E-state index >= 15 is 0 Å². The molecule has 3 atom stereocenters. The highest BCUT2D eigenvalue weighted by atomic mass is 32.2. The fourth-order valence-electron chi connectivity index (χ4n) is 2.82. The number of ether oxygens (including phenoxy) is 1. The summed E-state index contributed by atoms with van der Waals surface area (Å²) >= 11 is 2.17. The summed E-state index contributed by atoms with van der Waals surface area (Å²) in [6.45, 7) is 0.706. The van der Waals surface area contributed by atoms with Crippen LogP contribution in [-0.2, 0) is 23.9 Å². The summed E-state index contributed by atoms with van der Waals surface area (Å²) in [5, 5.41) is 21.6. The van der Waals surface area contributed by atoms with Crippen molar-refractivity contribution in [2.75, 3.05) is 12.4 Å². The van der Waals surface area contributed by atoms with E-state index in [1.54, 1.807) is 24.5 Å². The summed E-state index contributed by atoms with van der Waals surface area (Å²) < 4.78 is 4.79. The van der Waals surface area contributed by atoms with E-state index in [1.807, 2.05) is 0 Å². The summed E-state index contributed by atoms with van der Waals surface area (Å²) in [6.07, 6.45) is 3.20. The largest absolute Gasteiger partial charge is 0.477 e. The fourth-order valence-corrected chi connectivity index (χ4v) is 4.79. The standard InChI is InChI=1S/C17H17N3O7S2/c1-8(21)27-6-10-13(16(24)25)20-14(23)12(15(20)29-17(10)26)19-11(22)7-28-9-2-4-18-5-3-9/h2-5,12,15,17,26H,6-7H2,1H3,(H,19,22)(H,24,25)/t12-,15-,17?/m1/s1. The maximum Gasteiger partial charge on any atom is 0.352 e. The number of hydrogen-bond acceptors (Lipinski definition) is 9. The van der Waals surface area contributed by atoms with Crippen LogP contribution in [0.1, 0.15) is 6.92 Å². The molecule has 2 amide bonds. The molecule has 1 unspecified atom stereocenters. The first kappa shape index (κ1) is 21.1. The number of carboxylic acids is 1. The highest BCUT2D eigenvalue weighted by Crippen LogP contribution is 2.43. The van der Waals surface area contributed by atoms with Crippen LogP contribution in [0.5, 0.6) is 0 Å². The Morgan fingerprint density at radius 2 is 2.03 bits per heavy atom. The summed E-state index contributed by atoms with van der Waals surface area (Å²) in [5.74, 6) is -3.01. The number of β-lactam (4-membered cyclic amide) rings is 1. The summed E-state index contributed by atoms with van der Waals surface area (Å²) in [6, 6.07) is 2.54. The van der Waals surface area contributed by atoms with Crippen molar-refractivity contribution in [2.24, 2.45) is 0 Å². The maximum atomic E-state index is 12.5. The van der Waals surface area contributed by atoms with Gasteiger partial charge in [-0.25, -0.2) is 4.79 Å². The normalized spacial score (nSPS) is 23.2. The van der Waals surface area contributed by atoms with E-state index in [2.05, 4.69) is 10.3 Å². The number of thioether (sulfide) groups is 2. The average Bonchev–Trinajstić information content (AvgIpc) is 2.69. The Morgan fingerprint density at radius 3 is 2.66 bits per heavy atom. The number of hydrogen-bond donors (Lipinski definition) is 3. The van der Waals surface area contributed by atoms with E-state index in [4.69, 9.17) is 4.74 Å². The minimum absolute atomic E-state index is 0.0626. The van der Waals surface area contributed by atoms with Gasteiger partial charge >= 0.3 is 11.9 Å². The number of aliphatic hydroxyl groups is 1. The molecule has 2 aliphatic heterocycles. The molecule has 1 aromatic heterocycles. The van der Waals surface area contributed by atoms with Crippen LogP contribution >= 0.6 is 23.5 Å². The highest BCUT2D eigenvalue weighted by molar-refractivity contribution is 8.00. The number of pyridine rings is 1. The first-order valence-corrected chi connectivity index (χ1v) is 10.3. The summed E-state index contributed by atoms with van der Waals surface area (Å²) in [7, 11) is 0. The molecule has 0 aromatic carbocycles. The average molecular weight is 439 g/mol. The molecule has 29 heavy (non-hydrogen) atoms. The molecule has 1 fully saturated rings. The van der Waals surface area contributed by atoms with Gasteiger partial charge in [0.15, 0.2) is 0 Å². The van der Waals surface area contributed by atoms with Crippen LogP contribution in [0.15, 0.2) is 40.7 Å². The second-order valence-corrected chi connectivity index (χ2v) is 8.31. The van der Waals surface area contributed by atoms with E-state index < -0.39 is 52.9 Å². The Balaban J connectivity index is 1.67. The quantitative estimate of drug-likeness (QED) is 0.296. The van der Waals surface area contributed by atoms with Crippen molar-refractivity contribution in [2.45, 2.75) is 28.7 Å². The number of aliphatic hydroxyl groups excluding tert-OH is 1. The van der Waals surface area contributed by atoms with Gasteiger partial charge in [0.2, 0.25) is 5.91 Å². The van der Waals surface area contributed by atoms with Crippen LogP contribution in [0, 0.1) is 0 Å². The molecule has 10 nitrogen and oxygen atoms in total. The number of amides is 2. The van der Waals surface area contributed by atoms with Crippen LogP contribution in [-0.4, -0.2) is 73.1 Å². The number of nitrogens with one attached hydrogen (secondary N) is 1. The molecule has 0 aliphatic carbocycles. The third-order valence-electron chi connectivity index (χ3n) is 4.12. The maximum absolute atomic E-state index is 12.5. The first-order chi connectivity index (χ1) is 13.8. The van der Waals surface area contributed by atoms with Crippen molar-refractivity contribution in [3.8, 4) is 0 Å². The lowest BCUT2D eigenvalue weighted by Gasteiger charge is -2.50. The Morgan fingerprint density at radius 1 is 1.34 bits per heavy atom. The van der Waals surface area contributed by atoms with Gasteiger partial charge in [-0.2, -0.15) is 0 Å². The van der Waals surface area contributed by atoms with Crippen LogP contribution in [0.2, 0.25) is 0 Å². The molecule has 0 bridgehead atoms. The van der Waals surface area contributed by atoms with Gasteiger partial charge in [0.1, 0.15) is 29.2 Å². The molecule has 3 N–H and O–H groups in total. The molecule has 2 aliphatic rings. The van der Waals surface area contributed by atoms with Gasteiger partial charge in [0, 0.05) is 29.8 Å². The number of carbonyl (C=O) groups is 4. The van der Waals surface area contributed by atoms with E-state index in [0.717, 1.165) is 28.5 Å². The molecule has 1 aromatic rings. The number of aromatic nitrogens is 1. The minimum atomic E-state index is -1.43. The molecule has 0 spiro atoms. The van der Waals surface area contributed by atoms with Crippen molar-refractivity contribution >= 4 is 47.3 Å². The van der Waals surface area contributed by atoms with E-state index in [0.29, 0.717) is 0 Å². The molecule has 154 valence electrons.